The van der Waals surface area contributed by atoms with E-state index < -0.39 is 10.0 Å². The van der Waals surface area contributed by atoms with E-state index in [1.54, 1.807) is 18.2 Å². The van der Waals surface area contributed by atoms with Crippen molar-refractivity contribution in [3.05, 3.63) is 24.3 Å². The summed E-state index contributed by atoms with van der Waals surface area (Å²) in [6.07, 6.45) is 0. The van der Waals surface area contributed by atoms with Crippen molar-refractivity contribution in [3.8, 4) is 5.75 Å². The third-order valence-corrected chi connectivity index (χ3v) is 4.04. The minimum absolute atomic E-state index is 0.00913. The molecule has 0 radical (unpaired) electrons. The maximum atomic E-state index is 12.0. The molecule has 0 atom stereocenters. The Bertz CT molecular complexity index is 606. The minimum atomic E-state index is -3.44. The molecule has 0 unspecified atom stereocenters. The van der Waals surface area contributed by atoms with Gasteiger partial charge in [0.05, 0.1) is 11.4 Å². The molecular formula is C13H21N3O4S. The zero-order chi connectivity index (χ0) is 16.1. The number of nitrogens with zero attached hydrogens (tertiary/aromatic N) is 1. The van der Waals surface area contributed by atoms with Crippen molar-refractivity contribution in [2.45, 2.75) is 20.8 Å². The molecule has 7 nitrogen and oxygen atoms in total. The van der Waals surface area contributed by atoms with Gasteiger partial charge in [-0.3, -0.25) is 4.72 Å². The van der Waals surface area contributed by atoms with E-state index in [-0.39, 0.29) is 23.6 Å². The fraction of sp³-hybridized carbons (Fsp3) is 0.462. The summed E-state index contributed by atoms with van der Waals surface area (Å²) in [4.78, 5) is 0. The molecule has 0 spiro atoms. The molecular weight excluding hydrogens is 294 g/mol. The van der Waals surface area contributed by atoms with E-state index in [0.29, 0.717) is 11.4 Å². The SMILES string of the molecule is CC(C)(C)CS(=O)(=O)Nc1cccc(OCC(N)=NO)c1. The van der Waals surface area contributed by atoms with E-state index in [9.17, 15) is 8.42 Å². The Morgan fingerprint density at radius 1 is 1.43 bits per heavy atom. The van der Waals surface area contributed by atoms with Crippen LogP contribution in [0.15, 0.2) is 29.4 Å². The molecule has 0 saturated heterocycles. The topological polar surface area (TPSA) is 114 Å². The van der Waals surface area contributed by atoms with Crippen molar-refractivity contribution in [3.63, 3.8) is 0 Å². The zero-order valence-corrected chi connectivity index (χ0v) is 13.1. The van der Waals surface area contributed by atoms with E-state index in [0.717, 1.165) is 0 Å². The summed E-state index contributed by atoms with van der Waals surface area (Å²) in [6, 6.07) is 6.45. The zero-order valence-electron chi connectivity index (χ0n) is 12.3. The normalized spacial score (nSPS) is 13.0. The molecule has 0 heterocycles. The highest BCUT2D eigenvalue weighted by Gasteiger charge is 2.21. The Morgan fingerprint density at radius 3 is 2.67 bits per heavy atom. The molecule has 0 aliphatic rings. The van der Waals surface area contributed by atoms with Crippen LogP contribution in [-0.2, 0) is 10.0 Å². The number of nitrogens with one attached hydrogen (secondary N) is 1. The first-order valence-corrected chi connectivity index (χ1v) is 7.96. The Kier molecular flexibility index (Phi) is 5.42. The van der Waals surface area contributed by atoms with Gasteiger partial charge >= 0.3 is 0 Å². The fourth-order valence-electron chi connectivity index (χ4n) is 1.62. The summed E-state index contributed by atoms with van der Waals surface area (Å²) >= 11 is 0. The third kappa shape index (κ3) is 6.84. The van der Waals surface area contributed by atoms with Gasteiger partial charge in [-0.05, 0) is 17.5 Å². The van der Waals surface area contributed by atoms with Crippen LogP contribution in [0.5, 0.6) is 5.75 Å². The first kappa shape index (κ1) is 17.1. The smallest absolute Gasteiger partial charge is 0.233 e. The van der Waals surface area contributed by atoms with Gasteiger partial charge in [0.25, 0.3) is 0 Å². The molecule has 0 aliphatic carbocycles. The van der Waals surface area contributed by atoms with Crippen molar-refractivity contribution >= 4 is 21.5 Å². The number of rotatable bonds is 6. The number of oxime groups is 1. The average Bonchev–Trinajstić information content (AvgIpc) is 2.32. The average molecular weight is 315 g/mol. The molecule has 0 bridgehead atoms. The number of ether oxygens (including phenoxy) is 1. The second-order valence-corrected chi connectivity index (χ2v) is 7.55. The second-order valence-electron chi connectivity index (χ2n) is 5.83. The Labute approximate surface area is 124 Å². The van der Waals surface area contributed by atoms with Crippen LogP contribution in [0.25, 0.3) is 0 Å². The molecule has 8 heteroatoms. The standard InChI is InChI=1S/C13H21N3O4S/c1-13(2,3)9-21(18,19)16-10-5-4-6-11(7-10)20-8-12(14)15-17/h4-7,16-17H,8-9H2,1-3H3,(H2,14,15). The molecule has 0 fully saturated rings. The number of amidine groups is 1. The van der Waals surface area contributed by atoms with Crippen molar-refractivity contribution < 1.29 is 18.4 Å². The summed E-state index contributed by atoms with van der Waals surface area (Å²) in [7, 11) is -3.44. The van der Waals surface area contributed by atoms with E-state index in [2.05, 4.69) is 9.88 Å². The molecule has 1 aromatic rings. The molecule has 21 heavy (non-hydrogen) atoms. The van der Waals surface area contributed by atoms with Gasteiger partial charge in [0.15, 0.2) is 5.84 Å². The third-order valence-electron chi connectivity index (χ3n) is 2.25. The van der Waals surface area contributed by atoms with Gasteiger partial charge in [-0.25, -0.2) is 8.42 Å². The highest BCUT2D eigenvalue weighted by molar-refractivity contribution is 7.92. The quantitative estimate of drug-likeness (QED) is 0.319. The summed E-state index contributed by atoms with van der Waals surface area (Å²) in [5.41, 5.74) is 5.35. The van der Waals surface area contributed by atoms with Crippen LogP contribution < -0.4 is 15.2 Å². The molecule has 1 rings (SSSR count). The maximum Gasteiger partial charge on any atom is 0.233 e. The van der Waals surface area contributed by atoms with Crippen LogP contribution in [0.3, 0.4) is 0 Å². The molecule has 4 N–H and O–H groups in total. The number of nitrogens with two attached hydrogens (primary N) is 1. The molecule has 118 valence electrons. The van der Waals surface area contributed by atoms with Crippen LogP contribution in [0.2, 0.25) is 0 Å². The minimum Gasteiger partial charge on any atom is -0.485 e. The fourth-order valence-corrected chi connectivity index (χ4v) is 3.32. The van der Waals surface area contributed by atoms with E-state index in [1.165, 1.54) is 6.07 Å². The molecule has 0 amide bonds. The lowest BCUT2D eigenvalue weighted by Crippen LogP contribution is -2.26. The predicted octanol–water partition coefficient (Wildman–Crippen LogP) is 1.60. The lowest BCUT2D eigenvalue weighted by molar-refractivity contribution is 0.306. The monoisotopic (exact) mass is 315 g/mol. The lowest BCUT2D eigenvalue weighted by Gasteiger charge is -2.19. The van der Waals surface area contributed by atoms with Gasteiger partial charge in [-0.1, -0.05) is 32.0 Å². The first-order chi connectivity index (χ1) is 9.61. The first-order valence-electron chi connectivity index (χ1n) is 6.31. The van der Waals surface area contributed by atoms with E-state index in [4.69, 9.17) is 15.7 Å². The summed E-state index contributed by atoms with van der Waals surface area (Å²) in [5.74, 6) is 0.348. The summed E-state index contributed by atoms with van der Waals surface area (Å²) < 4.78 is 31.8. The van der Waals surface area contributed by atoms with Crippen molar-refractivity contribution in [2.24, 2.45) is 16.3 Å². The van der Waals surface area contributed by atoms with Gasteiger partial charge in [-0.2, -0.15) is 0 Å². The van der Waals surface area contributed by atoms with Crippen LogP contribution in [0, 0.1) is 5.41 Å². The number of hydrogen-bond donors (Lipinski definition) is 3. The van der Waals surface area contributed by atoms with Crippen molar-refractivity contribution in [2.75, 3.05) is 17.1 Å². The van der Waals surface area contributed by atoms with E-state index in [1.807, 2.05) is 20.8 Å². The number of sulfonamides is 1. The highest BCUT2D eigenvalue weighted by Crippen LogP contribution is 2.21. The molecule has 0 aromatic heterocycles. The number of hydrogen-bond acceptors (Lipinski definition) is 5. The van der Waals surface area contributed by atoms with Crippen LogP contribution in [0.4, 0.5) is 5.69 Å². The van der Waals surface area contributed by atoms with Gasteiger partial charge in [0.2, 0.25) is 10.0 Å². The van der Waals surface area contributed by atoms with Gasteiger partial charge in [0.1, 0.15) is 12.4 Å². The number of benzene rings is 1. The summed E-state index contributed by atoms with van der Waals surface area (Å²) in [5, 5.41) is 11.2. The molecule has 1 aromatic carbocycles. The van der Waals surface area contributed by atoms with Crippen molar-refractivity contribution in [1.29, 1.82) is 0 Å². The largest absolute Gasteiger partial charge is 0.485 e. The Hall–Kier alpha value is -1.96. The maximum absolute atomic E-state index is 12.0. The predicted molar refractivity (Wildman–Crippen MR) is 82.2 cm³/mol. The summed E-state index contributed by atoms with van der Waals surface area (Å²) in [6.45, 7) is 5.46. The van der Waals surface area contributed by atoms with Crippen molar-refractivity contribution in [1.82, 2.24) is 0 Å². The Balaban J connectivity index is 2.77. The van der Waals surface area contributed by atoms with Gasteiger partial charge in [0, 0.05) is 6.07 Å². The molecule has 0 aliphatic heterocycles. The number of anilines is 1. The highest BCUT2D eigenvalue weighted by atomic mass is 32.2. The molecule has 0 saturated carbocycles. The van der Waals surface area contributed by atoms with Crippen LogP contribution in [-0.4, -0.2) is 31.8 Å². The van der Waals surface area contributed by atoms with Gasteiger partial charge in [-0.15, -0.1) is 0 Å². The van der Waals surface area contributed by atoms with Crippen LogP contribution in [0.1, 0.15) is 20.8 Å². The lowest BCUT2D eigenvalue weighted by atomic mass is 10.0. The van der Waals surface area contributed by atoms with Crippen LogP contribution >= 0.6 is 0 Å². The Morgan fingerprint density at radius 2 is 2.10 bits per heavy atom. The second kappa shape index (κ2) is 6.66. The van der Waals surface area contributed by atoms with Gasteiger partial charge < -0.3 is 15.7 Å². The van der Waals surface area contributed by atoms with E-state index >= 15 is 0 Å².